The standard InChI is InChI=1S/C12H11ClFN.C2H7N/c1-7-2-4-15-5-3-8-11(13)10(14)6-9(7)12(8)15;1-3-2/h3,5-7H,2,4H2,1H3;3H,1-2H3. The van der Waals surface area contributed by atoms with E-state index in [1.54, 1.807) is 6.07 Å². The minimum Gasteiger partial charge on any atom is -0.347 e. The molecule has 2 aromatic rings. The van der Waals surface area contributed by atoms with Crippen molar-refractivity contribution in [1.82, 2.24) is 9.88 Å². The highest BCUT2D eigenvalue weighted by molar-refractivity contribution is 6.35. The first kappa shape index (κ1) is 13.4. The van der Waals surface area contributed by atoms with Crippen molar-refractivity contribution in [3.05, 3.63) is 34.7 Å². The molecule has 0 amide bonds. The Bertz CT molecular complexity index is 562. The molecule has 1 atom stereocenters. The van der Waals surface area contributed by atoms with E-state index in [9.17, 15) is 4.39 Å². The summed E-state index contributed by atoms with van der Waals surface area (Å²) in [5.74, 6) is 0.118. The van der Waals surface area contributed by atoms with Crippen molar-refractivity contribution in [2.45, 2.75) is 25.8 Å². The zero-order valence-electron chi connectivity index (χ0n) is 10.9. The largest absolute Gasteiger partial charge is 0.347 e. The molecule has 2 heterocycles. The normalized spacial score (nSPS) is 17.5. The number of hydrogen-bond donors (Lipinski definition) is 1. The van der Waals surface area contributed by atoms with Crippen LogP contribution in [0.4, 0.5) is 4.39 Å². The summed E-state index contributed by atoms with van der Waals surface area (Å²) in [7, 11) is 3.75. The Balaban J connectivity index is 0.000000367. The molecule has 18 heavy (non-hydrogen) atoms. The van der Waals surface area contributed by atoms with Crippen LogP contribution < -0.4 is 5.32 Å². The average molecular weight is 269 g/mol. The van der Waals surface area contributed by atoms with Gasteiger partial charge in [0.05, 0.1) is 10.5 Å². The highest BCUT2D eigenvalue weighted by Gasteiger charge is 2.21. The second kappa shape index (κ2) is 5.29. The van der Waals surface area contributed by atoms with Crippen LogP contribution in [0.1, 0.15) is 24.8 Å². The molecule has 1 aromatic heterocycles. The number of benzene rings is 1. The van der Waals surface area contributed by atoms with Gasteiger partial charge in [-0.2, -0.15) is 0 Å². The van der Waals surface area contributed by atoms with Crippen molar-refractivity contribution in [2.24, 2.45) is 0 Å². The summed E-state index contributed by atoms with van der Waals surface area (Å²) >= 11 is 5.95. The van der Waals surface area contributed by atoms with Gasteiger partial charge >= 0.3 is 0 Å². The predicted octanol–water partition coefficient (Wildman–Crippen LogP) is 3.78. The molecule has 0 spiro atoms. The molecule has 1 aliphatic heterocycles. The number of nitrogens with one attached hydrogen (secondary N) is 1. The third-order valence-electron chi connectivity index (χ3n) is 3.30. The van der Waals surface area contributed by atoms with Gasteiger partial charge < -0.3 is 9.88 Å². The maximum absolute atomic E-state index is 13.6. The molecule has 0 saturated heterocycles. The lowest BCUT2D eigenvalue weighted by Crippen LogP contribution is -2.10. The average Bonchev–Trinajstić information content (AvgIpc) is 2.76. The fraction of sp³-hybridized carbons (Fsp3) is 0.429. The van der Waals surface area contributed by atoms with E-state index in [1.807, 2.05) is 26.4 Å². The van der Waals surface area contributed by atoms with E-state index >= 15 is 0 Å². The molecule has 4 heteroatoms. The highest BCUT2D eigenvalue weighted by atomic mass is 35.5. The fourth-order valence-electron chi connectivity index (χ4n) is 2.42. The summed E-state index contributed by atoms with van der Waals surface area (Å²) in [4.78, 5) is 0. The van der Waals surface area contributed by atoms with Crippen LogP contribution in [0.25, 0.3) is 10.9 Å². The van der Waals surface area contributed by atoms with Gasteiger partial charge in [0.25, 0.3) is 0 Å². The second-order valence-electron chi connectivity index (χ2n) is 4.72. The van der Waals surface area contributed by atoms with E-state index in [1.165, 1.54) is 0 Å². The predicted molar refractivity (Wildman–Crippen MR) is 74.9 cm³/mol. The molecule has 2 nitrogen and oxygen atoms in total. The van der Waals surface area contributed by atoms with Crippen LogP contribution in [0.2, 0.25) is 5.02 Å². The Morgan fingerprint density at radius 1 is 1.44 bits per heavy atom. The Morgan fingerprint density at radius 2 is 2.11 bits per heavy atom. The number of hydrogen-bond acceptors (Lipinski definition) is 1. The van der Waals surface area contributed by atoms with E-state index in [2.05, 4.69) is 16.8 Å². The minimum atomic E-state index is -0.300. The topological polar surface area (TPSA) is 17.0 Å². The van der Waals surface area contributed by atoms with Gasteiger partial charge in [0.2, 0.25) is 0 Å². The number of nitrogens with zero attached hydrogens (tertiary/aromatic N) is 1. The summed E-state index contributed by atoms with van der Waals surface area (Å²) in [6.45, 7) is 3.14. The lowest BCUT2D eigenvalue weighted by atomic mass is 9.93. The minimum absolute atomic E-state index is 0.251. The van der Waals surface area contributed by atoms with Crippen molar-refractivity contribution >= 4 is 22.5 Å². The lowest BCUT2D eigenvalue weighted by Gasteiger charge is -2.22. The Hall–Kier alpha value is -1.06. The van der Waals surface area contributed by atoms with Crippen LogP contribution in [0.15, 0.2) is 18.3 Å². The van der Waals surface area contributed by atoms with E-state index in [0.29, 0.717) is 5.92 Å². The van der Waals surface area contributed by atoms with Crippen LogP contribution in [0.3, 0.4) is 0 Å². The van der Waals surface area contributed by atoms with Crippen molar-refractivity contribution in [3.8, 4) is 0 Å². The molecular weight excluding hydrogens is 251 g/mol. The monoisotopic (exact) mass is 268 g/mol. The number of rotatable bonds is 0. The highest BCUT2D eigenvalue weighted by Crippen LogP contribution is 2.38. The zero-order chi connectivity index (χ0) is 13.3. The van der Waals surface area contributed by atoms with Crippen molar-refractivity contribution in [2.75, 3.05) is 14.1 Å². The molecule has 1 unspecified atom stereocenters. The molecule has 0 fully saturated rings. The number of aryl methyl sites for hydroxylation is 1. The third-order valence-corrected chi connectivity index (χ3v) is 3.68. The quantitative estimate of drug-likeness (QED) is 0.769. The van der Waals surface area contributed by atoms with E-state index in [0.717, 1.165) is 29.4 Å². The molecule has 0 saturated carbocycles. The van der Waals surface area contributed by atoms with Gasteiger partial charge in [0, 0.05) is 18.1 Å². The molecular formula is C14H18ClFN2. The number of halogens is 2. The fourth-order valence-corrected chi connectivity index (χ4v) is 2.63. The van der Waals surface area contributed by atoms with Crippen molar-refractivity contribution < 1.29 is 4.39 Å². The summed E-state index contributed by atoms with van der Waals surface area (Å²) in [5, 5.41) is 3.85. The smallest absolute Gasteiger partial charge is 0.142 e. The van der Waals surface area contributed by atoms with E-state index in [-0.39, 0.29) is 10.8 Å². The van der Waals surface area contributed by atoms with Gasteiger partial charge in [-0.3, -0.25) is 0 Å². The SMILES string of the molecule is CC1CCn2ccc3c(Cl)c(F)cc1c32.CNC. The second-order valence-corrected chi connectivity index (χ2v) is 5.10. The molecule has 0 aliphatic carbocycles. The van der Waals surface area contributed by atoms with Gasteiger partial charge in [-0.15, -0.1) is 0 Å². The first-order valence-corrected chi connectivity index (χ1v) is 6.53. The maximum Gasteiger partial charge on any atom is 0.142 e. The van der Waals surface area contributed by atoms with E-state index in [4.69, 9.17) is 11.6 Å². The molecule has 0 radical (unpaired) electrons. The van der Waals surface area contributed by atoms with Gasteiger partial charge in [-0.05, 0) is 44.1 Å². The number of aromatic nitrogens is 1. The molecule has 1 aliphatic rings. The molecule has 0 bridgehead atoms. The van der Waals surface area contributed by atoms with Crippen LogP contribution in [0, 0.1) is 5.82 Å². The summed E-state index contributed by atoms with van der Waals surface area (Å²) in [6.07, 6.45) is 3.06. The molecule has 98 valence electrons. The summed E-state index contributed by atoms with van der Waals surface area (Å²) in [6, 6.07) is 3.49. The Morgan fingerprint density at radius 3 is 2.78 bits per heavy atom. The van der Waals surface area contributed by atoms with Gasteiger partial charge in [-0.1, -0.05) is 18.5 Å². The van der Waals surface area contributed by atoms with Gasteiger partial charge in [0.1, 0.15) is 5.82 Å². The van der Waals surface area contributed by atoms with Crippen molar-refractivity contribution in [1.29, 1.82) is 0 Å². The van der Waals surface area contributed by atoms with Crippen LogP contribution >= 0.6 is 11.6 Å². The summed E-state index contributed by atoms with van der Waals surface area (Å²) in [5.41, 5.74) is 2.20. The maximum atomic E-state index is 13.6. The summed E-state index contributed by atoms with van der Waals surface area (Å²) < 4.78 is 15.7. The Kier molecular flexibility index (Phi) is 3.93. The molecule has 3 rings (SSSR count). The third kappa shape index (κ3) is 2.13. The molecule has 1 N–H and O–H groups in total. The van der Waals surface area contributed by atoms with E-state index < -0.39 is 0 Å². The van der Waals surface area contributed by atoms with Crippen LogP contribution in [-0.2, 0) is 6.54 Å². The first-order chi connectivity index (χ1) is 8.60. The first-order valence-electron chi connectivity index (χ1n) is 6.15. The Labute approximate surface area is 112 Å². The zero-order valence-corrected chi connectivity index (χ0v) is 11.7. The van der Waals surface area contributed by atoms with Crippen LogP contribution in [0.5, 0.6) is 0 Å². The molecule has 1 aromatic carbocycles. The van der Waals surface area contributed by atoms with Crippen molar-refractivity contribution in [3.63, 3.8) is 0 Å². The van der Waals surface area contributed by atoms with Gasteiger partial charge in [-0.25, -0.2) is 4.39 Å². The lowest BCUT2D eigenvalue weighted by molar-refractivity contribution is 0.555. The van der Waals surface area contributed by atoms with Crippen LogP contribution in [-0.4, -0.2) is 18.7 Å². The van der Waals surface area contributed by atoms with Gasteiger partial charge in [0.15, 0.2) is 0 Å².